The van der Waals surface area contributed by atoms with Crippen molar-refractivity contribution in [2.75, 3.05) is 6.61 Å². The standard InChI is InChI=1S/C27H42O/c1-3-5-22-6-8-23(9-7-22)10-11-24-12-14-25(15-13-24)16-17-26-18-20-27(21-19-26)28-4-2/h14,18-24H,3-13,15-17H2,1-2H3/t22-,23-,24?. The van der Waals surface area contributed by atoms with Gasteiger partial charge in [-0.1, -0.05) is 75.7 Å². The maximum absolute atomic E-state index is 5.54. The summed E-state index contributed by atoms with van der Waals surface area (Å²) >= 11 is 0. The van der Waals surface area contributed by atoms with Crippen molar-refractivity contribution in [3.63, 3.8) is 0 Å². The number of allylic oxidation sites excluding steroid dienone is 2. The van der Waals surface area contributed by atoms with E-state index in [1.165, 1.54) is 89.0 Å². The predicted molar refractivity (Wildman–Crippen MR) is 121 cm³/mol. The van der Waals surface area contributed by atoms with E-state index in [2.05, 4.69) is 37.3 Å². The molecule has 0 heterocycles. The minimum atomic E-state index is 0.744. The lowest BCUT2D eigenvalue weighted by molar-refractivity contribution is 0.236. The molecule has 2 aliphatic carbocycles. The Kier molecular flexibility index (Phi) is 8.96. The highest BCUT2D eigenvalue weighted by Crippen LogP contribution is 2.36. The molecule has 1 saturated carbocycles. The number of benzene rings is 1. The topological polar surface area (TPSA) is 9.23 Å². The molecule has 0 N–H and O–H groups in total. The first-order valence-electron chi connectivity index (χ1n) is 12.2. The third-order valence-electron chi connectivity index (χ3n) is 7.23. The number of rotatable bonds is 10. The first-order valence-corrected chi connectivity index (χ1v) is 12.2. The summed E-state index contributed by atoms with van der Waals surface area (Å²) in [6.07, 6.45) is 21.0. The fourth-order valence-corrected chi connectivity index (χ4v) is 5.34. The van der Waals surface area contributed by atoms with Crippen LogP contribution in [0, 0.1) is 17.8 Å². The minimum Gasteiger partial charge on any atom is -0.494 e. The molecule has 0 spiro atoms. The van der Waals surface area contributed by atoms with Gasteiger partial charge in [0.05, 0.1) is 6.61 Å². The SMILES string of the molecule is CCC[C@H]1CC[C@H](CCC2CC=C(CCc3ccc(OCC)cc3)CC2)CC1. The Hall–Kier alpha value is -1.24. The number of hydrogen-bond acceptors (Lipinski definition) is 1. The van der Waals surface area contributed by atoms with Crippen LogP contribution < -0.4 is 4.74 Å². The van der Waals surface area contributed by atoms with E-state index in [0.717, 1.165) is 30.1 Å². The van der Waals surface area contributed by atoms with Gasteiger partial charge < -0.3 is 4.74 Å². The molecule has 3 rings (SSSR count). The van der Waals surface area contributed by atoms with Gasteiger partial charge in [0.25, 0.3) is 0 Å². The van der Waals surface area contributed by atoms with Crippen molar-refractivity contribution in [3.8, 4) is 5.75 Å². The van der Waals surface area contributed by atoms with Crippen LogP contribution in [0.25, 0.3) is 0 Å². The van der Waals surface area contributed by atoms with Crippen LogP contribution in [0.5, 0.6) is 5.75 Å². The lowest BCUT2D eigenvalue weighted by Crippen LogP contribution is -2.16. The average molecular weight is 383 g/mol. The van der Waals surface area contributed by atoms with Gasteiger partial charge in [0, 0.05) is 0 Å². The van der Waals surface area contributed by atoms with Gasteiger partial charge in [0.1, 0.15) is 5.75 Å². The zero-order chi connectivity index (χ0) is 19.6. The summed E-state index contributed by atoms with van der Waals surface area (Å²) in [5.41, 5.74) is 3.13. The zero-order valence-electron chi connectivity index (χ0n) is 18.4. The van der Waals surface area contributed by atoms with Crippen molar-refractivity contribution >= 4 is 0 Å². The summed E-state index contributed by atoms with van der Waals surface area (Å²) in [5, 5.41) is 0. The molecule has 1 nitrogen and oxygen atoms in total. The van der Waals surface area contributed by atoms with Crippen LogP contribution in [0.1, 0.15) is 96.5 Å². The number of hydrogen-bond donors (Lipinski definition) is 0. The second kappa shape index (κ2) is 11.7. The minimum absolute atomic E-state index is 0.744. The monoisotopic (exact) mass is 382 g/mol. The summed E-state index contributed by atoms with van der Waals surface area (Å²) < 4.78 is 5.54. The van der Waals surface area contributed by atoms with Gasteiger partial charge in [-0.05, 0) is 80.9 Å². The van der Waals surface area contributed by atoms with Gasteiger partial charge in [-0.25, -0.2) is 0 Å². The zero-order valence-corrected chi connectivity index (χ0v) is 18.4. The summed E-state index contributed by atoms with van der Waals surface area (Å²) in [5.74, 6) is 4.04. The number of ether oxygens (including phenoxy) is 1. The van der Waals surface area contributed by atoms with Crippen molar-refractivity contribution < 1.29 is 4.74 Å². The Morgan fingerprint density at radius 3 is 2.07 bits per heavy atom. The van der Waals surface area contributed by atoms with Crippen molar-refractivity contribution in [2.45, 2.75) is 97.3 Å². The van der Waals surface area contributed by atoms with Crippen molar-refractivity contribution in [3.05, 3.63) is 41.5 Å². The smallest absolute Gasteiger partial charge is 0.119 e. The molecule has 0 bridgehead atoms. The van der Waals surface area contributed by atoms with Gasteiger partial charge >= 0.3 is 0 Å². The molecule has 1 fully saturated rings. The van der Waals surface area contributed by atoms with Crippen LogP contribution in [0.4, 0.5) is 0 Å². The van der Waals surface area contributed by atoms with Gasteiger partial charge in [-0.15, -0.1) is 0 Å². The molecule has 2 aliphatic rings. The third-order valence-corrected chi connectivity index (χ3v) is 7.23. The summed E-state index contributed by atoms with van der Waals surface area (Å²) in [7, 11) is 0. The maximum Gasteiger partial charge on any atom is 0.119 e. The molecule has 0 radical (unpaired) electrons. The first-order chi connectivity index (χ1) is 13.8. The summed E-state index contributed by atoms with van der Waals surface area (Å²) in [6.45, 7) is 5.12. The van der Waals surface area contributed by atoms with Crippen LogP contribution >= 0.6 is 0 Å². The maximum atomic E-state index is 5.54. The van der Waals surface area contributed by atoms with Crippen molar-refractivity contribution in [1.29, 1.82) is 0 Å². The van der Waals surface area contributed by atoms with Crippen LogP contribution in [-0.4, -0.2) is 6.61 Å². The summed E-state index contributed by atoms with van der Waals surface area (Å²) in [6, 6.07) is 8.68. The Balaban J connectivity index is 1.32. The van der Waals surface area contributed by atoms with Gasteiger partial charge in [-0.2, -0.15) is 0 Å². The van der Waals surface area contributed by atoms with E-state index in [1.807, 2.05) is 6.92 Å². The molecule has 1 aromatic carbocycles. The molecule has 156 valence electrons. The second-order valence-electron chi connectivity index (χ2n) is 9.33. The van der Waals surface area contributed by atoms with Gasteiger partial charge in [0.2, 0.25) is 0 Å². The molecule has 1 atom stereocenters. The first kappa shape index (κ1) is 21.5. The predicted octanol–water partition coefficient (Wildman–Crippen LogP) is 8.13. The van der Waals surface area contributed by atoms with Gasteiger partial charge in [-0.3, -0.25) is 0 Å². The molecule has 28 heavy (non-hydrogen) atoms. The fraction of sp³-hybridized carbons (Fsp3) is 0.704. The van der Waals surface area contributed by atoms with Gasteiger partial charge in [0.15, 0.2) is 0 Å². The lowest BCUT2D eigenvalue weighted by Gasteiger charge is -2.30. The molecule has 1 aromatic rings. The third kappa shape index (κ3) is 6.98. The van der Waals surface area contributed by atoms with E-state index >= 15 is 0 Å². The van der Waals surface area contributed by atoms with Crippen LogP contribution in [0.2, 0.25) is 0 Å². The van der Waals surface area contributed by atoms with E-state index in [1.54, 1.807) is 5.57 Å². The number of aryl methyl sites for hydroxylation is 1. The molecular weight excluding hydrogens is 340 g/mol. The van der Waals surface area contributed by atoms with Crippen molar-refractivity contribution in [2.24, 2.45) is 17.8 Å². The highest BCUT2D eigenvalue weighted by molar-refractivity contribution is 5.28. The largest absolute Gasteiger partial charge is 0.494 e. The van der Waals surface area contributed by atoms with E-state index in [-0.39, 0.29) is 0 Å². The normalized spacial score (nSPS) is 25.4. The van der Waals surface area contributed by atoms with E-state index in [9.17, 15) is 0 Å². The molecule has 0 aromatic heterocycles. The molecular formula is C27H42O. The Labute approximate surface area is 174 Å². The Morgan fingerprint density at radius 2 is 1.46 bits per heavy atom. The average Bonchev–Trinajstić information content (AvgIpc) is 2.74. The Bertz CT molecular complexity index is 577. The molecule has 0 amide bonds. The van der Waals surface area contributed by atoms with E-state index < -0.39 is 0 Å². The molecule has 1 unspecified atom stereocenters. The molecule has 0 saturated heterocycles. The fourth-order valence-electron chi connectivity index (χ4n) is 5.34. The van der Waals surface area contributed by atoms with E-state index in [0.29, 0.717) is 0 Å². The quantitative estimate of drug-likeness (QED) is 0.371. The Morgan fingerprint density at radius 1 is 0.786 bits per heavy atom. The van der Waals surface area contributed by atoms with Crippen molar-refractivity contribution in [1.82, 2.24) is 0 Å². The lowest BCUT2D eigenvalue weighted by atomic mass is 9.76. The molecule has 1 heteroatoms. The van der Waals surface area contributed by atoms with Crippen LogP contribution in [-0.2, 0) is 6.42 Å². The van der Waals surface area contributed by atoms with Crippen LogP contribution in [0.15, 0.2) is 35.9 Å². The van der Waals surface area contributed by atoms with E-state index in [4.69, 9.17) is 4.74 Å². The second-order valence-corrected chi connectivity index (χ2v) is 9.33. The molecule has 0 aliphatic heterocycles. The summed E-state index contributed by atoms with van der Waals surface area (Å²) in [4.78, 5) is 0. The highest BCUT2D eigenvalue weighted by atomic mass is 16.5. The highest BCUT2D eigenvalue weighted by Gasteiger charge is 2.22. The van der Waals surface area contributed by atoms with Crippen LogP contribution in [0.3, 0.4) is 0 Å².